The minimum absolute atomic E-state index is 0.0854. The minimum Gasteiger partial charge on any atom is -0.493 e. The summed E-state index contributed by atoms with van der Waals surface area (Å²) >= 11 is 0. The van der Waals surface area contributed by atoms with Crippen molar-refractivity contribution < 1.29 is 13.9 Å². The second-order valence-electron chi connectivity index (χ2n) is 5.02. The maximum atomic E-state index is 12.7. The second-order valence-corrected chi connectivity index (χ2v) is 5.02. The van der Waals surface area contributed by atoms with Crippen LogP contribution in [0, 0.1) is 5.82 Å². The van der Waals surface area contributed by atoms with E-state index >= 15 is 0 Å². The topological polar surface area (TPSA) is 55.6 Å². The zero-order chi connectivity index (χ0) is 14.4. The molecule has 0 aromatic heterocycles. The molecule has 1 aromatic rings. The van der Waals surface area contributed by atoms with E-state index in [1.54, 1.807) is 12.1 Å². The van der Waals surface area contributed by atoms with Gasteiger partial charge in [-0.25, -0.2) is 4.39 Å². The van der Waals surface area contributed by atoms with Gasteiger partial charge in [0.1, 0.15) is 11.6 Å². The van der Waals surface area contributed by atoms with Gasteiger partial charge in [-0.2, -0.15) is 0 Å². The third kappa shape index (κ3) is 3.93. The van der Waals surface area contributed by atoms with Crippen molar-refractivity contribution in [1.29, 1.82) is 0 Å². The van der Waals surface area contributed by atoms with Crippen LogP contribution >= 0.6 is 0 Å². The molecule has 1 unspecified atom stereocenters. The van der Waals surface area contributed by atoms with Gasteiger partial charge < -0.3 is 15.4 Å². The number of carbonyl (C=O) groups excluding carboxylic acids is 1. The predicted octanol–water partition coefficient (Wildman–Crippen LogP) is 1.93. The van der Waals surface area contributed by atoms with Crippen molar-refractivity contribution in [3.8, 4) is 5.75 Å². The molecule has 0 bridgehead atoms. The van der Waals surface area contributed by atoms with Crippen molar-refractivity contribution in [3.05, 3.63) is 30.1 Å². The van der Waals surface area contributed by atoms with Crippen LogP contribution < -0.4 is 10.5 Å². The van der Waals surface area contributed by atoms with Gasteiger partial charge in [0.2, 0.25) is 5.91 Å². The molecule has 1 aliphatic rings. The molecule has 1 aliphatic heterocycles. The number of hydrogen-bond acceptors (Lipinski definition) is 3. The molecule has 2 N–H and O–H groups in total. The van der Waals surface area contributed by atoms with Gasteiger partial charge in [0.15, 0.2) is 0 Å². The molecule has 1 heterocycles. The fraction of sp³-hybridized carbons (Fsp3) is 0.533. The number of likely N-dealkylation sites (tertiary alicyclic amines) is 1. The Bertz CT molecular complexity index is 436. The van der Waals surface area contributed by atoms with E-state index in [1.165, 1.54) is 12.1 Å². The zero-order valence-corrected chi connectivity index (χ0v) is 11.6. The number of hydrogen-bond donors (Lipinski definition) is 1. The molecule has 0 aliphatic carbocycles. The molecule has 4 nitrogen and oxygen atoms in total. The van der Waals surface area contributed by atoms with E-state index in [0.717, 1.165) is 25.8 Å². The summed E-state index contributed by atoms with van der Waals surface area (Å²) in [7, 11) is 0. The number of halogens is 1. The first kappa shape index (κ1) is 14.8. The molecular formula is C15H21FN2O2. The highest BCUT2D eigenvalue weighted by Gasteiger charge is 2.25. The molecule has 5 heteroatoms. The van der Waals surface area contributed by atoms with E-state index in [0.29, 0.717) is 25.3 Å². The van der Waals surface area contributed by atoms with Gasteiger partial charge in [0.05, 0.1) is 13.0 Å². The van der Waals surface area contributed by atoms with Gasteiger partial charge >= 0.3 is 0 Å². The largest absolute Gasteiger partial charge is 0.493 e. The average Bonchev–Trinajstić information content (AvgIpc) is 2.49. The third-order valence-corrected chi connectivity index (χ3v) is 3.62. The number of benzene rings is 1. The summed E-state index contributed by atoms with van der Waals surface area (Å²) < 4.78 is 18.2. The minimum atomic E-state index is -0.299. The summed E-state index contributed by atoms with van der Waals surface area (Å²) in [4.78, 5) is 14.0. The lowest BCUT2D eigenvalue weighted by molar-refractivity contribution is -0.135. The molecule has 1 aromatic carbocycles. The number of rotatable bonds is 5. The van der Waals surface area contributed by atoms with E-state index in [-0.39, 0.29) is 17.8 Å². The van der Waals surface area contributed by atoms with Crippen molar-refractivity contribution in [2.24, 2.45) is 5.73 Å². The number of piperidine rings is 1. The second kappa shape index (κ2) is 7.24. The molecule has 1 amide bonds. The number of nitrogens with two attached hydrogens (primary N) is 1. The molecule has 20 heavy (non-hydrogen) atoms. The Hall–Kier alpha value is -1.62. The van der Waals surface area contributed by atoms with Crippen LogP contribution in [0.3, 0.4) is 0 Å². The van der Waals surface area contributed by atoms with Crippen LogP contribution in [0.25, 0.3) is 0 Å². The van der Waals surface area contributed by atoms with Crippen LogP contribution in [-0.2, 0) is 4.79 Å². The van der Waals surface area contributed by atoms with Crippen molar-refractivity contribution in [3.63, 3.8) is 0 Å². The Labute approximate surface area is 118 Å². The normalized spacial score (nSPS) is 18.9. The Morgan fingerprint density at radius 2 is 2.10 bits per heavy atom. The van der Waals surface area contributed by atoms with Crippen LogP contribution in [0.5, 0.6) is 5.75 Å². The summed E-state index contributed by atoms with van der Waals surface area (Å²) in [6, 6.07) is 5.97. The Morgan fingerprint density at radius 3 is 2.80 bits per heavy atom. The Kier molecular flexibility index (Phi) is 5.35. The Balaban J connectivity index is 1.78. The highest BCUT2D eigenvalue weighted by atomic mass is 19.1. The van der Waals surface area contributed by atoms with Crippen LogP contribution in [0.4, 0.5) is 4.39 Å². The summed E-state index contributed by atoms with van der Waals surface area (Å²) in [6.07, 6.45) is 3.49. The van der Waals surface area contributed by atoms with Crippen LogP contribution in [0.1, 0.15) is 25.7 Å². The standard InChI is InChI=1S/C15H21FN2O2/c16-12-4-6-14(7-5-12)20-10-8-15(19)18-9-2-1-3-13(18)11-17/h4-7,13H,1-3,8-11,17H2. The summed E-state index contributed by atoms with van der Waals surface area (Å²) in [6.45, 7) is 1.61. The lowest BCUT2D eigenvalue weighted by Crippen LogP contribution is -2.47. The summed E-state index contributed by atoms with van der Waals surface area (Å²) in [5.41, 5.74) is 5.70. The lowest BCUT2D eigenvalue weighted by atomic mass is 10.0. The summed E-state index contributed by atoms with van der Waals surface area (Å²) in [5.74, 6) is 0.364. The lowest BCUT2D eigenvalue weighted by Gasteiger charge is -2.35. The number of nitrogens with zero attached hydrogens (tertiary/aromatic N) is 1. The maximum absolute atomic E-state index is 12.7. The van der Waals surface area contributed by atoms with Gasteiger partial charge in [-0.3, -0.25) is 4.79 Å². The SMILES string of the molecule is NCC1CCCCN1C(=O)CCOc1ccc(F)cc1. The zero-order valence-electron chi connectivity index (χ0n) is 11.6. The number of carbonyl (C=O) groups is 1. The first-order valence-electron chi connectivity index (χ1n) is 7.08. The third-order valence-electron chi connectivity index (χ3n) is 3.62. The number of amides is 1. The molecule has 1 saturated heterocycles. The van der Waals surface area contributed by atoms with Gasteiger partial charge in [-0.1, -0.05) is 0 Å². The molecule has 110 valence electrons. The van der Waals surface area contributed by atoms with E-state index in [2.05, 4.69) is 0 Å². The fourth-order valence-corrected chi connectivity index (χ4v) is 2.50. The van der Waals surface area contributed by atoms with E-state index in [9.17, 15) is 9.18 Å². The van der Waals surface area contributed by atoms with Crippen LogP contribution in [0.2, 0.25) is 0 Å². The molecule has 0 spiro atoms. The van der Waals surface area contributed by atoms with Gasteiger partial charge in [-0.05, 0) is 43.5 Å². The monoisotopic (exact) mass is 280 g/mol. The van der Waals surface area contributed by atoms with E-state index in [1.807, 2.05) is 4.90 Å². The molecule has 0 radical (unpaired) electrons. The Morgan fingerprint density at radius 1 is 1.35 bits per heavy atom. The van der Waals surface area contributed by atoms with E-state index in [4.69, 9.17) is 10.5 Å². The predicted molar refractivity (Wildman–Crippen MR) is 74.9 cm³/mol. The average molecular weight is 280 g/mol. The summed E-state index contributed by atoms with van der Waals surface area (Å²) in [5, 5.41) is 0. The smallest absolute Gasteiger partial charge is 0.226 e. The molecule has 2 rings (SSSR count). The quantitative estimate of drug-likeness (QED) is 0.896. The van der Waals surface area contributed by atoms with Gasteiger partial charge in [0, 0.05) is 19.1 Å². The first-order valence-corrected chi connectivity index (χ1v) is 7.08. The van der Waals surface area contributed by atoms with Crippen molar-refractivity contribution in [2.45, 2.75) is 31.7 Å². The van der Waals surface area contributed by atoms with Crippen molar-refractivity contribution >= 4 is 5.91 Å². The van der Waals surface area contributed by atoms with Crippen molar-refractivity contribution in [1.82, 2.24) is 4.90 Å². The van der Waals surface area contributed by atoms with Gasteiger partial charge in [-0.15, -0.1) is 0 Å². The van der Waals surface area contributed by atoms with Crippen LogP contribution in [-0.4, -0.2) is 36.5 Å². The first-order chi connectivity index (χ1) is 9.70. The fourth-order valence-electron chi connectivity index (χ4n) is 2.50. The highest BCUT2D eigenvalue weighted by Crippen LogP contribution is 2.17. The molecular weight excluding hydrogens is 259 g/mol. The maximum Gasteiger partial charge on any atom is 0.226 e. The molecule has 0 saturated carbocycles. The van der Waals surface area contributed by atoms with Crippen molar-refractivity contribution in [2.75, 3.05) is 19.7 Å². The molecule has 1 atom stereocenters. The van der Waals surface area contributed by atoms with Gasteiger partial charge in [0.25, 0.3) is 0 Å². The number of ether oxygens (including phenoxy) is 1. The molecule has 1 fully saturated rings. The van der Waals surface area contributed by atoms with Crippen LogP contribution in [0.15, 0.2) is 24.3 Å². The highest BCUT2D eigenvalue weighted by molar-refractivity contribution is 5.76. The van der Waals surface area contributed by atoms with E-state index < -0.39 is 0 Å².